The Morgan fingerprint density at radius 1 is 1.27 bits per heavy atom. The number of ether oxygens (including phenoxy) is 1. The van der Waals surface area contributed by atoms with E-state index in [0.29, 0.717) is 28.5 Å². The second kappa shape index (κ2) is 7.82. The second-order valence-corrected chi connectivity index (χ2v) is 5.12. The first-order valence-electron chi connectivity index (χ1n) is 7.05. The van der Waals surface area contributed by atoms with Crippen LogP contribution in [0, 0.1) is 0 Å². The van der Waals surface area contributed by atoms with Crippen molar-refractivity contribution >= 4 is 17.5 Å². The van der Waals surface area contributed by atoms with E-state index in [1.54, 1.807) is 48.5 Å². The van der Waals surface area contributed by atoms with Crippen LogP contribution in [0.1, 0.15) is 28.9 Å². The molecule has 0 aliphatic rings. The van der Waals surface area contributed by atoms with Crippen LogP contribution in [0.15, 0.2) is 48.5 Å². The van der Waals surface area contributed by atoms with Crippen LogP contribution in [0.25, 0.3) is 0 Å². The van der Waals surface area contributed by atoms with Crippen molar-refractivity contribution in [1.29, 1.82) is 0 Å². The number of aliphatic hydroxyl groups excluding tert-OH is 1. The van der Waals surface area contributed by atoms with Crippen molar-refractivity contribution in [3.05, 3.63) is 64.7 Å². The van der Waals surface area contributed by atoms with Crippen LogP contribution in [0.4, 0.5) is 0 Å². The molecule has 0 radical (unpaired) electrons. The Kier molecular flexibility index (Phi) is 5.81. The highest BCUT2D eigenvalue weighted by atomic mass is 35.5. The minimum Gasteiger partial charge on any atom is -0.494 e. The fourth-order valence-corrected chi connectivity index (χ4v) is 2.30. The molecule has 2 rings (SSSR count). The van der Waals surface area contributed by atoms with Gasteiger partial charge < -0.3 is 15.2 Å². The SMILES string of the molecule is CCOc1cccc(C(=O)NCC(O)c2ccccc2Cl)c1. The van der Waals surface area contributed by atoms with E-state index in [1.807, 2.05) is 6.92 Å². The van der Waals surface area contributed by atoms with Gasteiger partial charge in [-0.1, -0.05) is 35.9 Å². The van der Waals surface area contributed by atoms with Crippen molar-refractivity contribution < 1.29 is 14.6 Å². The molecule has 0 saturated carbocycles. The molecule has 1 atom stereocenters. The van der Waals surface area contributed by atoms with Gasteiger partial charge in [0.25, 0.3) is 5.91 Å². The zero-order chi connectivity index (χ0) is 15.9. The monoisotopic (exact) mass is 319 g/mol. The molecule has 0 fully saturated rings. The minimum atomic E-state index is -0.854. The van der Waals surface area contributed by atoms with Crippen molar-refractivity contribution in [3.63, 3.8) is 0 Å². The highest BCUT2D eigenvalue weighted by molar-refractivity contribution is 6.31. The number of halogens is 1. The van der Waals surface area contributed by atoms with Gasteiger partial charge in [0.1, 0.15) is 5.75 Å². The van der Waals surface area contributed by atoms with Crippen LogP contribution in [-0.4, -0.2) is 24.2 Å². The molecule has 2 N–H and O–H groups in total. The first kappa shape index (κ1) is 16.3. The summed E-state index contributed by atoms with van der Waals surface area (Å²) in [6.07, 6.45) is -0.854. The molecule has 0 heterocycles. The molecule has 0 aliphatic heterocycles. The van der Waals surface area contributed by atoms with Crippen LogP contribution in [0.2, 0.25) is 5.02 Å². The number of nitrogens with one attached hydrogen (secondary N) is 1. The zero-order valence-corrected chi connectivity index (χ0v) is 13.0. The number of carbonyl (C=O) groups excluding carboxylic acids is 1. The Hall–Kier alpha value is -2.04. The molecule has 2 aromatic carbocycles. The summed E-state index contributed by atoms with van der Waals surface area (Å²) in [5, 5.41) is 13.3. The molecule has 0 bridgehead atoms. The lowest BCUT2D eigenvalue weighted by molar-refractivity contribution is 0.0916. The number of hydrogen-bond donors (Lipinski definition) is 2. The zero-order valence-electron chi connectivity index (χ0n) is 12.3. The summed E-state index contributed by atoms with van der Waals surface area (Å²) in [6.45, 7) is 2.50. The Labute approximate surface area is 134 Å². The predicted molar refractivity (Wildman–Crippen MR) is 86.4 cm³/mol. The molecule has 116 valence electrons. The summed E-state index contributed by atoms with van der Waals surface area (Å²) in [4.78, 5) is 12.1. The van der Waals surface area contributed by atoms with E-state index in [2.05, 4.69) is 5.32 Å². The van der Waals surface area contributed by atoms with Gasteiger partial charge in [0.2, 0.25) is 0 Å². The van der Waals surface area contributed by atoms with Gasteiger partial charge in [-0.25, -0.2) is 0 Å². The molecule has 0 saturated heterocycles. The maximum atomic E-state index is 12.1. The fourth-order valence-electron chi connectivity index (χ4n) is 2.04. The molecule has 0 aromatic heterocycles. The molecule has 5 heteroatoms. The number of carbonyl (C=O) groups is 1. The van der Waals surface area contributed by atoms with E-state index in [4.69, 9.17) is 16.3 Å². The summed E-state index contributed by atoms with van der Waals surface area (Å²) in [6, 6.07) is 13.9. The largest absolute Gasteiger partial charge is 0.494 e. The third kappa shape index (κ3) is 4.23. The minimum absolute atomic E-state index is 0.0848. The molecule has 22 heavy (non-hydrogen) atoms. The summed E-state index contributed by atoms with van der Waals surface area (Å²) in [7, 11) is 0. The Morgan fingerprint density at radius 3 is 2.77 bits per heavy atom. The third-order valence-corrected chi connectivity index (χ3v) is 3.47. The molecule has 1 unspecified atom stereocenters. The number of aliphatic hydroxyl groups is 1. The maximum absolute atomic E-state index is 12.1. The number of benzene rings is 2. The molecule has 0 aliphatic carbocycles. The van der Waals surface area contributed by atoms with Gasteiger partial charge in [0, 0.05) is 22.7 Å². The predicted octanol–water partition coefficient (Wildman–Crippen LogP) is 3.20. The van der Waals surface area contributed by atoms with E-state index in [0.717, 1.165) is 0 Å². The molecule has 4 nitrogen and oxygen atoms in total. The van der Waals surface area contributed by atoms with Gasteiger partial charge >= 0.3 is 0 Å². The summed E-state index contributed by atoms with van der Waals surface area (Å²) in [5.74, 6) is 0.370. The first-order chi connectivity index (χ1) is 10.6. The lowest BCUT2D eigenvalue weighted by Crippen LogP contribution is -2.28. The van der Waals surface area contributed by atoms with Crippen molar-refractivity contribution in [2.45, 2.75) is 13.0 Å². The summed E-state index contributed by atoms with van der Waals surface area (Å²) >= 11 is 6.02. The Balaban J connectivity index is 1.98. The van der Waals surface area contributed by atoms with Gasteiger partial charge in [-0.2, -0.15) is 0 Å². The fraction of sp³-hybridized carbons (Fsp3) is 0.235. The summed E-state index contributed by atoms with van der Waals surface area (Å²) in [5.41, 5.74) is 1.07. The van der Waals surface area contributed by atoms with E-state index in [-0.39, 0.29) is 12.5 Å². The highest BCUT2D eigenvalue weighted by Crippen LogP contribution is 2.22. The van der Waals surface area contributed by atoms with Crippen LogP contribution in [0.3, 0.4) is 0 Å². The van der Waals surface area contributed by atoms with Gasteiger partial charge in [-0.05, 0) is 31.2 Å². The lowest BCUT2D eigenvalue weighted by atomic mass is 10.1. The standard InChI is InChI=1S/C17H18ClNO3/c1-2-22-13-7-5-6-12(10-13)17(21)19-11-16(20)14-8-3-4-9-15(14)18/h3-10,16,20H,2,11H2,1H3,(H,19,21). The molecular formula is C17H18ClNO3. The third-order valence-electron chi connectivity index (χ3n) is 3.13. The van der Waals surface area contributed by atoms with Crippen LogP contribution in [0.5, 0.6) is 5.75 Å². The number of hydrogen-bond acceptors (Lipinski definition) is 3. The molecule has 0 spiro atoms. The lowest BCUT2D eigenvalue weighted by Gasteiger charge is -2.14. The van der Waals surface area contributed by atoms with Crippen LogP contribution in [-0.2, 0) is 0 Å². The Bertz CT molecular complexity index is 645. The van der Waals surface area contributed by atoms with Gasteiger partial charge in [0.15, 0.2) is 0 Å². The van der Waals surface area contributed by atoms with E-state index >= 15 is 0 Å². The molecule has 1 amide bonds. The topological polar surface area (TPSA) is 58.6 Å². The van der Waals surface area contributed by atoms with E-state index < -0.39 is 6.10 Å². The number of rotatable bonds is 6. The second-order valence-electron chi connectivity index (χ2n) is 4.71. The van der Waals surface area contributed by atoms with E-state index in [1.165, 1.54) is 0 Å². The molecular weight excluding hydrogens is 302 g/mol. The first-order valence-corrected chi connectivity index (χ1v) is 7.43. The normalized spacial score (nSPS) is 11.8. The van der Waals surface area contributed by atoms with Crippen molar-refractivity contribution in [2.24, 2.45) is 0 Å². The summed E-state index contributed by atoms with van der Waals surface area (Å²) < 4.78 is 5.36. The molecule has 2 aromatic rings. The van der Waals surface area contributed by atoms with Crippen molar-refractivity contribution in [1.82, 2.24) is 5.32 Å². The Morgan fingerprint density at radius 2 is 2.05 bits per heavy atom. The average Bonchev–Trinajstić information content (AvgIpc) is 2.53. The quantitative estimate of drug-likeness (QED) is 0.859. The maximum Gasteiger partial charge on any atom is 0.251 e. The number of amides is 1. The average molecular weight is 320 g/mol. The highest BCUT2D eigenvalue weighted by Gasteiger charge is 2.13. The van der Waals surface area contributed by atoms with Crippen molar-refractivity contribution in [3.8, 4) is 5.75 Å². The van der Waals surface area contributed by atoms with Crippen LogP contribution >= 0.6 is 11.6 Å². The van der Waals surface area contributed by atoms with Gasteiger partial charge in [-0.3, -0.25) is 4.79 Å². The van der Waals surface area contributed by atoms with Crippen LogP contribution < -0.4 is 10.1 Å². The van der Waals surface area contributed by atoms with Gasteiger partial charge in [-0.15, -0.1) is 0 Å². The smallest absolute Gasteiger partial charge is 0.251 e. The van der Waals surface area contributed by atoms with Crippen molar-refractivity contribution in [2.75, 3.05) is 13.2 Å². The van der Waals surface area contributed by atoms with Gasteiger partial charge in [0.05, 0.1) is 12.7 Å². The van der Waals surface area contributed by atoms with E-state index in [9.17, 15) is 9.90 Å².